The van der Waals surface area contributed by atoms with E-state index < -0.39 is 30.1 Å². The molecule has 1 unspecified atom stereocenters. The van der Waals surface area contributed by atoms with E-state index in [-0.39, 0.29) is 59.7 Å². The molecule has 6 atom stereocenters. The molecule has 3 aromatic carbocycles. The molecule has 3 saturated heterocycles. The average Bonchev–Trinajstić information content (AvgIpc) is 4.20. The summed E-state index contributed by atoms with van der Waals surface area (Å²) in [4.78, 5) is 75.2. The number of halogens is 1. The molecule has 4 aliphatic rings. The summed E-state index contributed by atoms with van der Waals surface area (Å²) in [6, 6.07) is 15.5. The largest absolute Gasteiger partial charge is 0.487 e. The average molecular weight is 934 g/mol. The summed E-state index contributed by atoms with van der Waals surface area (Å²) in [6.07, 6.45) is 7.40. The van der Waals surface area contributed by atoms with Gasteiger partial charge in [-0.3, -0.25) is 9.59 Å². The number of aromatic nitrogens is 4. The number of likely N-dealkylation sites (tertiary alicyclic amines) is 2. The number of carbonyl (C=O) groups is 4. The van der Waals surface area contributed by atoms with Crippen molar-refractivity contribution in [2.75, 3.05) is 32.2 Å². The minimum absolute atomic E-state index is 0.0184. The molecule has 4 fully saturated rings. The summed E-state index contributed by atoms with van der Waals surface area (Å²) in [5, 5.41) is 5.45. The van der Waals surface area contributed by atoms with Gasteiger partial charge < -0.3 is 49.5 Å². The van der Waals surface area contributed by atoms with Crippen molar-refractivity contribution in [2.24, 2.45) is 11.8 Å². The number of amides is 4. The summed E-state index contributed by atoms with van der Waals surface area (Å²) >= 11 is 0. The lowest BCUT2D eigenvalue weighted by atomic mass is 10.0. The zero-order valence-electron chi connectivity index (χ0n) is 39.8. The number of hydrogen-bond donors (Lipinski definition) is 4. The predicted octanol–water partition coefficient (Wildman–Crippen LogP) is 9.07. The molecular formula is C51H64FN9O7. The van der Waals surface area contributed by atoms with Gasteiger partial charge in [0.15, 0.2) is 11.6 Å². The van der Waals surface area contributed by atoms with E-state index in [0.29, 0.717) is 24.7 Å². The summed E-state index contributed by atoms with van der Waals surface area (Å²) in [6.45, 7) is 8.70. The van der Waals surface area contributed by atoms with Gasteiger partial charge in [0.25, 0.3) is 0 Å². The number of alkyl carbamates (subject to hydrolysis) is 2. The second-order valence-electron chi connectivity index (χ2n) is 19.5. The van der Waals surface area contributed by atoms with Gasteiger partial charge in [-0.25, -0.2) is 23.9 Å². The molecule has 0 bridgehead atoms. The lowest BCUT2D eigenvalue weighted by molar-refractivity contribution is -0.136. The molecule has 5 aromatic rings. The Morgan fingerprint density at radius 3 is 1.56 bits per heavy atom. The number of H-pyrrole nitrogens is 2. The van der Waals surface area contributed by atoms with Crippen LogP contribution in [-0.2, 0) is 19.1 Å². The first kappa shape index (κ1) is 46.7. The maximum atomic E-state index is 16.2. The van der Waals surface area contributed by atoms with Gasteiger partial charge in [0, 0.05) is 24.8 Å². The van der Waals surface area contributed by atoms with E-state index >= 15 is 4.39 Å². The number of fused-ring (bicyclic) bond motifs is 2. The molecule has 3 aliphatic heterocycles. The van der Waals surface area contributed by atoms with E-state index in [2.05, 4.69) is 49.8 Å². The molecule has 68 heavy (non-hydrogen) atoms. The third-order valence-electron chi connectivity index (χ3n) is 14.5. The van der Waals surface area contributed by atoms with Crippen LogP contribution >= 0.6 is 0 Å². The van der Waals surface area contributed by atoms with E-state index in [1.165, 1.54) is 14.2 Å². The normalized spacial score (nSPS) is 21.9. The number of benzene rings is 3. The smallest absolute Gasteiger partial charge is 0.407 e. The Hall–Kier alpha value is -6.39. The number of hydrogen-bond acceptors (Lipinski definition) is 10. The Kier molecular flexibility index (Phi) is 13.5. The zero-order chi connectivity index (χ0) is 47.8. The van der Waals surface area contributed by atoms with E-state index in [9.17, 15) is 19.2 Å². The van der Waals surface area contributed by atoms with Crippen molar-refractivity contribution in [3.63, 3.8) is 0 Å². The fraction of sp³-hybridized carbons (Fsp3) is 0.529. The van der Waals surface area contributed by atoms with Crippen LogP contribution < -0.4 is 20.3 Å². The summed E-state index contributed by atoms with van der Waals surface area (Å²) in [5.74, 6) is 0.632. The minimum atomic E-state index is -0.737. The molecule has 362 valence electrons. The molecule has 1 aliphatic carbocycles. The van der Waals surface area contributed by atoms with Gasteiger partial charge >= 0.3 is 12.2 Å². The maximum Gasteiger partial charge on any atom is 0.407 e. The van der Waals surface area contributed by atoms with Crippen LogP contribution in [0.2, 0.25) is 0 Å². The quantitative estimate of drug-likeness (QED) is 0.0887. The van der Waals surface area contributed by atoms with Gasteiger partial charge in [-0.05, 0) is 124 Å². The Morgan fingerprint density at radius 2 is 1.12 bits per heavy atom. The molecule has 0 spiro atoms. The summed E-state index contributed by atoms with van der Waals surface area (Å²) in [7, 11) is 2.57. The standard InChI is InChI=1S/C51H64FN9O7/c1-28(2)44(57-50(64)66-5)48(62)59-23-9-13-41(59)46-53-35-18-15-30(25-37(35)55-46)39-20-21-40(61(39)32-17-22-43(34(52)27-32)68-33-11-7-8-12-33)31-16-19-36-38(26-31)56-47(54-36)42-14-10-24-60(42)49(63)45(29(3)4)58-51(65)67-6/h15-19,22,25-29,33,39-42,44-45H,7-14,20-21,23-24H2,1-6H3,(H,53,55)(H,54,56)(H,57,64)(H,58,65)/t39-,40-,41+,42?,44+,45+/m1/s1. The molecule has 17 heteroatoms. The van der Waals surface area contributed by atoms with Gasteiger partial charge in [0.2, 0.25) is 11.8 Å². The number of ether oxygens (including phenoxy) is 3. The van der Waals surface area contributed by atoms with Crippen molar-refractivity contribution in [2.45, 2.75) is 134 Å². The minimum Gasteiger partial charge on any atom is -0.487 e. The molecular weight excluding hydrogens is 870 g/mol. The highest BCUT2D eigenvalue weighted by molar-refractivity contribution is 5.87. The molecule has 2 aromatic heterocycles. The SMILES string of the molecule is COC(=O)N[C@H](C(=O)N1CCCC1c1nc2ccc([C@H]3CC[C@H](c4ccc5nc([C@@H]6CCCN6C(=O)[C@@H](NC(=O)OC)C(C)C)[nH]c5c4)N3c3ccc(OC4CCCC4)c(F)c3)cc2[nH]1)C(C)C. The first-order valence-corrected chi connectivity index (χ1v) is 24.3. The van der Waals surface area contributed by atoms with Crippen molar-refractivity contribution < 1.29 is 37.8 Å². The Morgan fingerprint density at radius 1 is 0.632 bits per heavy atom. The molecule has 4 amide bonds. The van der Waals surface area contributed by atoms with Gasteiger partial charge in [-0.2, -0.15) is 0 Å². The molecule has 0 radical (unpaired) electrons. The van der Waals surface area contributed by atoms with Gasteiger partial charge in [-0.15, -0.1) is 0 Å². The van der Waals surface area contributed by atoms with Crippen LogP contribution in [0.1, 0.15) is 139 Å². The third-order valence-corrected chi connectivity index (χ3v) is 14.5. The van der Waals surface area contributed by atoms with Crippen molar-refractivity contribution in [3.8, 4) is 5.75 Å². The Bertz CT molecular complexity index is 2510. The third kappa shape index (κ3) is 9.27. The van der Waals surface area contributed by atoms with Crippen LogP contribution in [0.4, 0.5) is 19.7 Å². The second-order valence-corrected chi connectivity index (χ2v) is 19.5. The van der Waals surface area contributed by atoms with E-state index in [1.807, 2.05) is 55.7 Å². The topological polar surface area (TPSA) is 187 Å². The van der Waals surface area contributed by atoms with Gasteiger partial charge in [0.05, 0.1) is 66.6 Å². The molecule has 4 N–H and O–H groups in total. The number of methoxy groups -OCH3 is 2. The van der Waals surface area contributed by atoms with Crippen LogP contribution in [0.3, 0.4) is 0 Å². The summed E-state index contributed by atoms with van der Waals surface area (Å²) in [5.41, 5.74) is 6.06. The maximum absolute atomic E-state index is 16.2. The fourth-order valence-corrected chi connectivity index (χ4v) is 11.0. The van der Waals surface area contributed by atoms with E-state index in [1.54, 1.807) is 12.1 Å². The van der Waals surface area contributed by atoms with Crippen molar-refractivity contribution >= 4 is 51.8 Å². The van der Waals surface area contributed by atoms with Crippen LogP contribution in [0.25, 0.3) is 22.1 Å². The lowest BCUT2D eigenvalue weighted by Crippen LogP contribution is -2.51. The number of nitrogens with one attached hydrogen (secondary N) is 4. The first-order chi connectivity index (χ1) is 32.8. The number of anilines is 1. The van der Waals surface area contributed by atoms with Crippen LogP contribution in [0.15, 0.2) is 54.6 Å². The fourth-order valence-electron chi connectivity index (χ4n) is 11.0. The lowest BCUT2D eigenvalue weighted by Gasteiger charge is -2.33. The highest BCUT2D eigenvalue weighted by Crippen LogP contribution is 2.49. The number of rotatable bonds is 13. The van der Waals surface area contributed by atoms with Crippen LogP contribution in [-0.4, -0.2) is 99.2 Å². The van der Waals surface area contributed by atoms with Crippen molar-refractivity contribution in [1.82, 2.24) is 40.4 Å². The Balaban J connectivity index is 1.01. The summed E-state index contributed by atoms with van der Waals surface area (Å²) < 4.78 is 32.0. The van der Waals surface area contributed by atoms with Gasteiger partial charge in [0.1, 0.15) is 23.7 Å². The number of nitrogens with zero attached hydrogens (tertiary/aromatic N) is 5. The number of aromatic amines is 2. The first-order valence-electron chi connectivity index (χ1n) is 24.3. The molecule has 9 rings (SSSR count). The Labute approximate surface area is 396 Å². The van der Waals surface area contributed by atoms with E-state index in [0.717, 1.165) is 103 Å². The number of carbonyl (C=O) groups excluding carboxylic acids is 4. The zero-order valence-corrected chi connectivity index (χ0v) is 39.8. The van der Waals surface area contributed by atoms with E-state index in [4.69, 9.17) is 24.2 Å². The van der Waals surface area contributed by atoms with Crippen LogP contribution in [0, 0.1) is 17.7 Å². The molecule has 16 nitrogen and oxygen atoms in total. The van der Waals surface area contributed by atoms with Gasteiger partial charge in [-0.1, -0.05) is 39.8 Å². The highest BCUT2D eigenvalue weighted by Gasteiger charge is 2.41. The van der Waals surface area contributed by atoms with Crippen molar-refractivity contribution in [1.29, 1.82) is 0 Å². The van der Waals surface area contributed by atoms with Crippen LogP contribution in [0.5, 0.6) is 5.75 Å². The molecule has 5 heterocycles. The molecule has 1 saturated carbocycles. The monoisotopic (exact) mass is 933 g/mol. The predicted molar refractivity (Wildman–Crippen MR) is 254 cm³/mol. The highest BCUT2D eigenvalue weighted by atomic mass is 19.1. The number of imidazole rings is 2. The second kappa shape index (κ2) is 19.7. The van der Waals surface area contributed by atoms with Crippen molar-refractivity contribution in [3.05, 3.63) is 83.2 Å².